The number of rotatable bonds is 3. The Balaban J connectivity index is 2.40. The first-order valence-corrected chi connectivity index (χ1v) is 8.86. The van der Waals surface area contributed by atoms with Gasteiger partial charge in [0, 0.05) is 26.8 Å². The predicted octanol–water partition coefficient (Wildman–Crippen LogP) is 2.82. The second kappa shape index (κ2) is 5.07. The van der Waals surface area contributed by atoms with Crippen molar-refractivity contribution in [2.75, 3.05) is 0 Å². The first-order valence-electron chi connectivity index (χ1n) is 5.76. The van der Waals surface area contributed by atoms with Crippen molar-refractivity contribution in [3.63, 3.8) is 0 Å². The maximum Gasteiger partial charge on any atom is 0.261 e. The zero-order valence-corrected chi connectivity index (χ0v) is 13.6. The predicted molar refractivity (Wildman–Crippen MR) is 77.0 cm³/mol. The minimum atomic E-state index is -3.87. The molecule has 2 unspecified atom stereocenters. The molecular weight excluding hydrogens is 354 g/mol. The first kappa shape index (κ1) is 14.8. The van der Waals surface area contributed by atoms with Crippen molar-refractivity contribution in [3.05, 3.63) is 27.7 Å². The number of hydrogen-bond acceptors (Lipinski definition) is 3. The molecule has 0 heterocycles. The fraction of sp³-hybridized carbons (Fsp3) is 0.417. The molecule has 0 aromatic heterocycles. The van der Waals surface area contributed by atoms with Crippen LogP contribution in [0.4, 0.5) is 0 Å². The maximum atomic E-state index is 12.1. The molecule has 19 heavy (non-hydrogen) atoms. The van der Waals surface area contributed by atoms with Gasteiger partial charge in [0.1, 0.15) is 0 Å². The van der Waals surface area contributed by atoms with Gasteiger partial charge in [-0.2, -0.15) is 0 Å². The minimum Gasteiger partial charge on any atom is -0.349 e. The van der Waals surface area contributed by atoms with Crippen LogP contribution in [0.3, 0.4) is 0 Å². The van der Waals surface area contributed by atoms with Crippen molar-refractivity contribution in [1.82, 2.24) is 5.32 Å². The molecule has 1 aliphatic rings. The van der Waals surface area contributed by atoms with Crippen LogP contribution in [0.15, 0.2) is 21.5 Å². The Labute approximate surface area is 125 Å². The summed E-state index contributed by atoms with van der Waals surface area (Å²) >= 11 is 3.20. The number of benzene rings is 1. The zero-order valence-electron chi connectivity index (χ0n) is 10.4. The molecule has 1 saturated carbocycles. The van der Waals surface area contributed by atoms with Crippen LogP contribution in [0.2, 0.25) is 0 Å². The van der Waals surface area contributed by atoms with Crippen molar-refractivity contribution in [3.8, 4) is 0 Å². The van der Waals surface area contributed by atoms with Gasteiger partial charge in [-0.05, 0) is 37.0 Å². The molecule has 0 spiro atoms. The zero-order chi connectivity index (χ0) is 14.4. The monoisotopic (exact) mass is 365 g/mol. The van der Waals surface area contributed by atoms with Gasteiger partial charge in [0.2, 0.25) is 0 Å². The van der Waals surface area contributed by atoms with Crippen LogP contribution >= 0.6 is 26.6 Å². The SMILES string of the molecule is Cc1c(C(=O)NC2CC2C)cc(Br)cc1S(=O)(=O)Cl. The number of carbonyl (C=O) groups is 1. The number of amides is 1. The average Bonchev–Trinajstić information content (AvgIpc) is 2.95. The molecule has 0 aliphatic heterocycles. The van der Waals surface area contributed by atoms with E-state index in [0.29, 0.717) is 21.5 Å². The molecule has 1 aliphatic carbocycles. The lowest BCUT2D eigenvalue weighted by Crippen LogP contribution is -2.27. The molecule has 104 valence electrons. The van der Waals surface area contributed by atoms with Gasteiger partial charge >= 0.3 is 0 Å². The van der Waals surface area contributed by atoms with Gasteiger partial charge < -0.3 is 5.32 Å². The van der Waals surface area contributed by atoms with Crippen LogP contribution in [0.25, 0.3) is 0 Å². The molecule has 1 aromatic carbocycles. The summed E-state index contributed by atoms with van der Waals surface area (Å²) in [5.74, 6) is 0.211. The van der Waals surface area contributed by atoms with E-state index in [-0.39, 0.29) is 16.8 Å². The summed E-state index contributed by atoms with van der Waals surface area (Å²) in [6.45, 7) is 3.63. The largest absolute Gasteiger partial charge is 0.349 e. The normalized spacial score (nSPS) is 22.1. The van der Waals surface area contributed by atoms with Crippen LogP contribution in [-0.4, -0.2) is 20.4 Å². The van der Waals surface area contributed by atoms with Gasteiger partial charge in [-0.15, -0.1) is 0 Å². The fourth-order valence-corrected chi connectivity index (χ4v) is 3.75. The summed E-state index contributed by atoms with van der Waals surface area (Å²) in [5, 5.41) is 2.87. The van der Waals surface area contributed by atoms with E-state index in [2.05, 4.69) is 21.2 Å². The van der Waals surface area contributed by atoms with Crippen LogP contribution in [0, 0.1) is 12.8 Å². The highest BCUT2D eigenvalue weighted by Gasteiger charge is 2.34. The Bertz CT molecular complexity index is 645. The van der Waals surface area contributed by atoms with Crippen molar-refractivity contribution < 1.29 is 13.2 Å². The van der Waals surface area contributed by atoms with Crippen LogP contribution in [0.1, 0.15) is 29.3 Å². The third-order valence-electron chi connectivity index (χ3n) is 3.26. The first-order chi connectivity index (χ1) is 8.70. The molecule has 1 amide bonds. The van der Waals surface area contributed by atoms with E-state index in [1.165, 1.54) is 6.07 Å². The number of carbonyl (C=O) groups excluding carboxylic acids is 1. The summed E-state index contributed by atoms with van der Waals surface area (Å²) < 4.78 is 23.5. The average molecular weight is 367 g/mol. The van der Waals surface area contributed by atoms with E-state index >= 15 is 0 Å². The van der Waals surface area contributed by atoms with Crippen LogP contribution in [0.5, 0.6) is 0 Å². The van der Waals surface area contributed by atoms with E-state index in [0.717, 1.165) is 6.42 Å². The summed E-state index contributed by atoms with van der Waals surface area (Å²) in [7, 11) is 1.50. The third-order valence-corrected chi connectivity index (χ3v) is 5.16. The number of hydrogen-bond donors (Lipinski definition) is 1. The molecule has 2 atom stereocenters. The molecule has 4 nitrogen and oxygen atoms in total. The molecule has 7 heteroatoms. The third kappa shape index (κ3) is 3.30. The Morgan fingerprint density at radius 1 is 1.47 bits per heavy atom. The molecular formula is C12H13BrClNO3S. The van der Waals surface area contributed by atoms with Crippen molar-refractivity contribution in [2.45, 2.75) is 31.2 Å². The van der Waals surface area contributed by atoms with E-state index in [4.69, 9.17) is 10.7 Å². The Hall–Kier alpha value is -0.590. The van der Waals surface area contributed by atoms with Gasteiger partial charge in [0.25, 0.3) is 15.0 Å². The van der Waals surface area contributed by atoms with Crippen LogP contribution < -0.4 is 5.32 Å². The Kier molecular flexibility index (Phi) is 3.95. The van der Waals surface area contributed by atoms with Crippen LogP contribution in [-0.2, 0) is 9.05 Å². The van der Waals surface area contributed by atoms with E-state index in [9.17, 15) is 13.2 Å². The van der Waals surface area contributed by atoms with Crippen molar-refractivity contribution in [1.29, 1.82) is 0 Å². The van der Waals surface area contributed by atoms with E-state index in [1.54, 1.807) is 13.0 Å². The van der Waals surface area contributed by atoms with Crippen molar-refractivity contribution in [2.24, 2.45) is 5.92 Å². The summed E-state index contributed by atoms with van der Waals surface area (Å²) in [5.41, 5.74) is 0.691. The molecule has 1 aromatic rings. The second-order valence-corrected chi connectivity index (χ2v) is 8.26. The second-order valence-electron chi connectivity index (χ2n) is 4.81. The highest BCUT2D eigenvalue weighted by atomic mass is 79.9. The lowest BCUT2D eigenvalue weighted by Gasteiger charge is -2.11. The number of nitrogens with one attached hydrogen (secondary N) is 1. The van der Waals surface area contributed by atoms with Gasteiger partial charge in [0.05, 0.1) is 4.90 Å². The fourth-order valence-electron chi connectivity index (χ4n) is 1.91. The van der Waals surface area contributed by atoms with Gasteiger partial charge in [-0.1, -0.05) is 22.9 Å². The standard InChI is InChI=1S/C12H13BrClNO3S/c1-6-3-10(6)15-12(16)9-4-8(13)5-11(7(9)2)19(14,17)18/h4-6,10H,3H2,1-2H3,(H,15,16). The summed E-state index contributed by atoms with van der Waals surface area (Å²) in [6, 6.07) is 3.18. The topological polar surface area (TPSA) is 63.2 Å². The van der Waals surface area contributed by atoms with E-state index < -0.39 is 9.05 Å². The highest BCUT2D eigenvalue weighted by Crippen LogP contribution is 2.31. The van der Waals surface area contributed by atoms with Crippen molar-refractivity contribution >= 4 is 41.6 Å². The molecule has 0 bridgehead atoms. The molecule has 0 saturated heterocycles. The lowest BCUT2D eigenvalue weighted by atomic mass is 10.1. The number of halogens is 2. The maximum absolute atomic E-state index is 12.1. The van der Waals surface area contributed by atoms with Gasteiger partial charge in [0.15, 0.2) is 0 Å². The summed E-state index contributed by atoms with van der Waals surface area (Å²) in [4.78, 5) is 12.1. The summed E-state index contributed by atoms with van der Waals surface area (Å²) in [6.07, 6.45) is 0.958. The van der Waals surface area contributed by atoms with E-state index in [1.807, 2.05) is 6.92 Å². The Morgan fingerprint density at radius 3 is 2.53 bits per heavy atom. The molecule has 1 N–H and O–H groups in total. The van der Waals surface area contributed by atoms with Gasteiger partial charge in [-0.25, -0.2) is 8.42 Å². The smallest absolute Gasteiger partial charge is 0.261 e. The quantitative estimate of drug-likeness (QED) is 0.837. The molecule has 1 fully saturated rings. The molecule has 0 radical (unpaired) electrons. The molecule has 2 rings (SSSR count). The minimum absolute atomic E-state index is 0.0439. The Morgan fingerprint density at radius 2 is 2.05 bits per heavy atom. The highest BCUT2D eigenvalue weighted by molar-refractivity contribution is 9.10. The van der Waals surface area contributed by atoms with Gasteiger partial charge in [-0.3, -0.25) is 4.79 Å². The lowest BCUT2D eigenvalue weighted by molar-refractivity contribution is 0.0948.